The van der Waals surface area contributed by atoms with E-state index in [1.807, 2.05) is 36.7 Å². The van der Waals surface area contributed by atoms with Gasteiger partial charge in [0.2, 0.25) is 0 Å². The van der Waals surface area contributed by atoms with Crippen LogP contribution in [-0.4, -0.2) is 21.6 Å². The van der Waals surface area contributed by atoms with Crippen LogP contribution in [0.2, 0.25) is 0 Å². The van der Waals surface area contributed by atoms with E-state index in [1.165, 1.54) is 23.2 Å². The van der Waals surface area contributed by atoms with E-state index in [2.05, 4.69) is 27.9 Å². The molecular formula is C23H22N4O3S. The molecule has 0 aliphatic rings. The number of carbonyl (C=O) groups excluding carboxylic acids is 2. The van der Waals surface area contributed by atoms with E-state index in [4.69, 9.17) is 4.42 Å². The van der Waals surface area contributed by atoms with Crippen LogP contribution in [0.3, 0.4) is 0 Å². The topological polar surface area (TPSA) is 89.2 Å². The number of hydrogen-bond acceptors (Lipinski definition) is 5. The lowest BCUT2D eigenvalue weighted by Crippen LogP contribution is -2.22. The number of carbonyl (C=O) groups is 2. The fourth-order valence-electron chi connectivity index (χ4n) is 3.26. The van der Waals surface area contributed by atoms with Crippen molar-refractivity contribution in [3.63, 3.8) is 0 Å². The third-order valence-corrected chi connectivity index (χ3v) is 5.94. The van der Waals surface area contributed by atoms with Crippen LogP contribution < -0.4 is 10.6 Å². The summed E-state index contributed by atoms with van der Waals surface area (Å²) < 4.78 is 7.03. The summed E-state index contributed by atoms with van der Waals surface area (Å²) in [6, 6.07) is 16.8. The molecule has 0 aliphatic heterocycles. The first kappa shape index (κ1) is 20.6. The molecule has 0 atom stereocenters. The molecule has 4 aromatic rings. The number of aryl methyl sites for hydroxylation is 1. The molecule has 8 heteroatoms. The van der Waals surface area contributed by atoms with E-state index in [1.54, 1.807) is 24.3 Å². The average Bonchev–Trinajstić information content (AvgIpc) is 3.50. The molecule has 0 saturated heterocycles. The Morgan fingerprint density at radius 3 is 2.58 bits per heavy atom. The van der Waals surface area contributed by atoms with E-state index in [0.29, 0.717) is 23.0 Å². The first-order chi connectivity index (χ1) is 15.0. The third kappa shape index (κ3) is 4.75. The van der Waals surface area contributed by atoms with Gasteiger partial charge in [-0.1, -0.05) is 30.3 Å². The van der Waals surface area contributed by atoms with Crippen LogP contribution in [0.15, 0.2) is 65.3 Å². The Bertz CT molecular complexity index is 1190. The third-order valence-electron chi connectivity index (χ3n) is 4.94. The van der Waals surface area contributed by atoms with Gasteiger partial charge in [-0.2, -0.15) is 5.10 Å². The molecule has 3 heterocycles. The summed E-state index contributed by atoms with van der Waals surface area (Å²) in [6.07, 6.45) is 1.44. The molecule has 4 rings (SSSR count). The van der Waals surface area contributed by atoms with Crippen LogP contribution >= 0.6 is 11.3 Å². The van der Waals surface area contributed by atoms with Crippen molar-refractivity contribution in [1.29, 1.82) is 0 Å². The van der Waals surface area contributed by atoms with Crippen molar-refractivity contribution in [2.75, 3.05) is 5.32 Å². The standard InChI is InChI=1S/C23H22N4O3S/c1-15-18(16(2)27(26-15)14-17-7-4-3-5-8-17)13-24-23(29)20-10-11-21(31-20)25-22(28)19-9-6-12-30-19/h3-12H,13-14H2,1-2H3,(H,24,29)(H,25,28). The smallest absolute Gasteiger partial charge is 0.291 e. The highest BCUT2D eigenvalue weighted by Gasteiger charge is 2.16. The molecule has 0 bridgehead atoms. The van der Waals surface area contributed by atoms with Gasteiger partial charge in [-0.3, -0.25) is 14.3 Å². The fraction of sp³-hybridized carbons (Fsp3) is 0.174. The van der Waals surface area contributed by atoms with Gasteiger partial charge in [0.25, 0.3) is 11.8 Å². The maximum Gasteiger partial charge on any atom is 0.291 e. The summed E-state index contributed by atoms with van der Waals surface area (Å²) in [5, 5.41) is 10.9. The summed E-state index contributed by atoms with van der Waals surface area (Å²) in [5.74, 6) is -0.327. The number of furan rings is 1. The minimum atomic E-state index is -0.351. The van der Waals surface area contributed by atoms with Gasteiger partial charge in [-0.15, -0.1) is 11.3 Å². The first-order valence-corrected chi connectivity index (χ1v) is 10.6. The number of nitrogens with zero attached hydrogens (tertiary/aromatic N) is 2. The summed E-state index contributed by atoms with van der Waals surface area (Å²) in [7, 11) is 0. The van der Waals surface area contributed by atoms with Crippen molar-refractivity contribution in [3.05, 3.63) is 94.0 Å². The van der Waals surface area contributed by atoms with Crippen molar-refractivity contribution in [3.8, 4) is 0 Å². The van der Waals surface area contributed by atoms with Gasteiger partial charge in [0.1, 0.15) is 0 Å². The maximum atomic E-state index is 12.6. The molecule has 3 aromatic heterocycles. The van der Waals surface area contributed by atoms with Gasteiger partial charge < -0.3 is 15.1 Å². The molecule has 1 aromatic carbocycles. The fourth-order valence-corrected chi connectivity index (χ4v) is 4.08. The van der Waals surface area contributed by atoms with Gasteiger partial charge in [0.15, 0.2) is 5.76 Å². The SMILES string of the molecule is Cc1nn(Cc2ccccc2)c(C)c1CNC(=O)c1ccc(NC(=O)c2ccco2)s1. The molecule has 31 heavy (non-hydrogen) atoms. The summed E-state index contributed by atoms with van der Waals surface area (Å²) in [6.45, 7) is 5.03. The van der Waals surface area contributed by atoms with Crippen molar-refractivity contribution >= 4 is 28.2 Å². The minimum absolute atomic E-state index is 0.196. The maximum absolute atomic E-state index is 12.6. The number of anilines is 1. The van der Waals surface area contributed by atoms with Crippen molar-refractivity contribution < 1.29 is 14.0 Å². The lowest BCUT2D eigenvalue weighted by Gasteiger charge is -2.07. The average molecular weight is 435 g/mol. The lowest BCUT2D eigenvalue weighted by atomic mass is 10.2. The Labute approximate surface area is 183 Å². The van der Waals surface area contributed by atoms with Crippen LogP contribution in [0, 0.1) is 13.8 Å². The quantitative estimate of drug-likeness (QED) is 0.452. The Morgan fingerprint density at radius 2 is 1.84 bits per heavy atom. The van der Waals surface area contributed by atoms with E-state index >= 15 is 0 Å². The predicted octanol–water partition coefficient (Wildman–Crippen LogP) is 4.39. The molecule has 0 saturated carbocycles. The zero-order valence-electron chi connectivity index (χ0n) is 17.2. The highest BCUT2D eigenvalue weighted by atomic mass is 32.1. The summed E-state index contributed by atoms with van der Waals surface area (Å²) in [4.78, 5) is 25.2. The van der Waals surface area contributed by atoms with Crippen molar-refractivity contribution in [2.45, 2.75) is 26.9 Å². The molecule has 2 amide bonds. The Kier molecular flexibility index (Phi) is 5.99. The van der Waals surface area contributed by atoms with E-state index in [9.17, 15) is 9.59 Å². The Hall–Kier alpha value is -3.65. The number of rotatable bonds is 7. The van der Waals surface area contributed by atoms with E-state index in [-0.39, 0.29) is 17.6 Å². The Morgan fingerprint density at radius 1 is 1.03 bits per heavy atom. The molecule has 0 unspecified atom stereocenters. The molecule has 0 radical (unpaired) electrons. The number of benzene rings is 1. The van der Waals surface area contributed by atoms with Crippen LogP contribution in [-0.2, 0) is 13.1 Å². The largest absolute Gasteiger partial charge is 0.459 e. The second-order valence-corrected chi connectivity index (χ2v) is 8.15. The van der Waals surface area contributed by atoms with Gasteiger partial charge in [-0.25, -0.2) is 0 Å². The van der Waals surface area contributed by atoms with Crippen LogP contribution in [0.5, 0.6) is 0 Å². The monoisotopic (exact) mass is 434 g/mol. The van der Waals surface area contributed by atoms with Gasteiger partial charge in [-0.05, 0) is 43.7 Å². The normalized spacial score (nSPS) is 10.8. The number of thiophene rings is 1. The number of hydrogen-bond donors (Lipinski definition) is 2. The van der Waals surface area contributed by atoms with Crippen molar-refractivity contribution in [1.82, 2.24) is 15.1 Å². The second kappa shape index (κ2) is 9.01. The molecule has 0 spiro atoms. The minimum Gasteiger partial charge on any atom is -0.459 e. The zero-order chi connectivity index (χ0) is 21.8. The number of amides is 2. The molecule has 2 N–H and O–H groups in total. The van der Waals surface area contributed by atoms with Crippen LogP contribution in [0.1, 0.15) is 42.7 Å². The summed E-state index contributed by atoms with van der Waals surface area (Å²) in [5.41, 5.74) is 4.10. The van der Waals surface area contributed by atoms with E-state index < -0.39 is 0 Å². The predicted molar refractivity (Wildman–Crippen MR) is 119 cm³/mol. The van der Waals surface area contributed by atoms with Crippen molar-refractivity contribution in [2.24, 2.45) is 0 Å². The highest BCUT2D eigenvalue weighted by molar-refractivity contribution is 7.18. The Balaban J connectivity index is 1.38. The second-order valence-electron chi connectivity index (χ2n) is 7.07. The summed E-state index contributed by atoms with van der Waals surface area (Å²) >= 11 is 1.21. The van der Waals surface area contributed by atoms with Gasteiger partial charge in [0, 0.05) is 17.8 Å². The van der Waals surface area contributed by atoms with E-state index in [0.717, 1.165) is 17.0 Å². The van der Waals surface area contributed by atoms with Gasteiger partial charge in [0.05, 0.1) is 28.4 Å². The highest BCUT2D eigenvalue weighted by Crippen LogP contribution is 2.23. The number of aromatic nitrogens is 2. The molecule has 0 aliphatic carbocycles. The van der Waals surface area contributed by atoms with Crippen LogP contribution in [0.4, 0.5) is 5.00 Å². The molecule has 158 valence electrons. The lowest BCUT2D eigenvalue weighted by molar-refractivity contribution is 0.0953. The number of nitrogens with one attached hydrogen (secondary N) is 2. The molecular weight excluding hydrogens is 412 g/mol. The molecule has 7 nitrogen and oxygen atoms in total. The van der Waals surface area contributed by atoms with Gasteiger partial charge >= 0.3 is 0 Å². The zero-order valence-corrected chi connectivity index (χ0v) is 18.0. The molecule has 0 fully saturated rings. The van der Waals surface area contributed by atoms with Crippen LogP contribution in [0.25, 0.3) is 0 Å². The first-order valence-electron chi connectivity index (χ1n) is 9.81.